The molecule has 1 saturated heterocycles. The maximum Gasteiger partial charge on any atom is 0.492 e. The minimum atomic E-state index is -0.610. The second-order valence-corrected chi connectivity index (χ2v) is 6.89. The van der Waals surface area contributed by atoms with Crippen LogP contribution in [0.5, 0.6) is 5.75 Å². The number of hydrogen-bond donors (Lipinski definition) is 3. The van der Waals surface area contributed by atoms with Crippen molar-refractivity contribution in [1.82, 2.24) is 10.3 Å². The van der Waals surface area contributed by atoms with Gasteiger partial charge in [0.25, 0.3) is 0 Å². The molecule has 1 amide bonds. The average molecular weight is 333 g/mol. The van der Waals surface area contributed by atoms with Gasteiger partial charge in [-0.3, -0.25) is 4.79 Å². The Balaban J connectivity index is 2.33. The van der Waals surface area contributed by atoms with Gasteiger partial charge in [-0.05, 0) is 44.8 Å². The lowest BCUT2D eigenvalue weighted by Crippen LogP contribution is -2.41. The molecule has 0 aromatic carbocycles. The SMILES string of the molecule is CC(=O)NCC(=Cc1cnc(N)c(O)c1)B1OC(C)(C)C(C)(C)O1. The van der Waals surface area contributed by atoms with Gasteiger partial charge in [0, 0.05) is 19.7 Å². The second kappa shape index (κ2) is 6.45. The van der Waals surface area contributed by atoms with Crippen molar-refractivity contribution in [3.63, 3.8) is 0 Å². The molecule has 0 spiro atoms. The van der Waals surface area contributed by atoms with E-state index in [1.807, 2.05) is 27.7 Å². The van der Waals surface area contributed by atoms with E-state index in [1.54, 1.807) is 6.08 Å². The van der Waals surface area contributed by atoms with E-state index < -0.39 is 18.3 Å². The van der Waals surface area contributed by atoms with Crippen LogP contribution in [0.1, 0.15) is 40.2 Å². The lowest BCUT2D eigenvalue weighted by molar-refractivity contribution is -0.118. The summed E-state index contributed by atoms with van der Waals surface area (Å²) < 4.78 is 12.1. The molecule has 2 rings (SSSR count). The van der Waals surface area contributed by atoms with Crippen molar-refractivity contribution < 1.29 is 19.2 Å². The molecule has 1 aliphatic rings. The number of carbonyl (C=O) groups excluding carboxylic acids is 1. The number of nitrogen functional groups attached to an aromatic ring is 1. The topological polar surface area (TPSA) is 107 Å². The summed E-state index contributed by atoms with van der Waals surface area (Å²) in [6.07, 6.45) is 3.30. The summed E-state index contributed by atoms with van der Waals surface area (Å²) in [6, 6.07) is 1.50. The van der Waals surface area contributed by atoms with Crippen molar-refractivity contribution in [1.29, 1.82) is 0 Å². The number of anilines is 1. The predicted octanol–water partition coefficient (Wildman–Crippen LogP) is 1.52. The summed E-state index contributed by atoms with van der Waals surface area (Å²) in [7, 11) is -0.610. The Morgan fingerprint density at radius 3 is 2.46 bits per heavy atom. The van der Waals surface area contributed by atoms with E-state index >= 15 is 0 Å². The average Bonchev–Trinajstić information content (AvgIpc) is 2.67. The molecule has 130 valence electrons. The molecule has 0 aliphatic carbocycles. The smallest absolute Gasteiger partial charge is 0.492 e. The first kappa shape index (κ1) is 18.3. The maximum atomic E-state index is 11.3. The number of rotatable bonds is 4. The molecule has 24 heavy (non-hydrogen) atoms. The monoisotopic (exact) mass is 333 g/mol. The molecule has 1 aromatic rings. The van der Waals surface area contributed by atoms with Gasteiger partial charge in [0.15, 0.2) is 11.6 Å². The highest BCUT2D eigenvalue weighted by atomic mass is 16.7. The van der Waals surface area contributed by atoms with Crippen LogP contribution < -0.4 is 11.1 Å². The van der Waals surface area contributed by atoms with E-state index in [2.05, 4.69) is 10.3 Å². The molecule has 1 aliphatic heterocycles. The van der Waals surface area contributed by atoms with Gasteiger partial charge in [-0.15, -0.1) is 0 Å². The molecule has 4 N–H and O–H groups in total. The first-order chi connectivity index (χ1) is 11.0. The van der Waals surface area contributed by atoms with Gasteiger partial charge in [-0.25, -0.2) is 4.98 Å². The van der Waals surface area contributed by atoms with Gasteiger partial charge in [0.05, 0.1) is 11.2 Å². The third kappa shape index (κ3) is 3.88. The fourth-order valence-electron chi connectivity index (χ4n) is 2.20. The molecule has 7 nitrogen and oxygen atoms in total. The molecule has 1 fully saturated rings. The zero-order valence-electron chi connectivity index (χ0n) is 14.7. The van der Waals surface area contributed by atoms with Gasteiger partial charge in [0.2, 0.25) is 5.91 Å². The Bertz CT molecular complexity index is 657. The fourth-order valence-corrected chi connectivity index (χ4v) is 2.20. The number of carbonyl (C=O) groups is 1. The number of pyridine rings is 1. The Morgan fingerprint density at radius 1 is 1.38 bits per heavy atom. The van der Waals surface area contributed by atoms with E-state index in [4.69, 9.17) is 15.0 Å². The van der Waals surface area contributed by atoms with Gasteiger partial charge in [0.1, 0.15) is 0 Å². The van der Waals surface area contributed by atoms with Crippen LogP contribution in [0.3, 0.4) is 0 Å². The zero-order valence-corrected chi connectivity index (χ0v) is 14.7. The molecule has 0 saturated carbocycles. The lowest BCUT2D eigenvalue weighted by atomic mass is 9.77. The fraction of sp³-hybridized carbons (Fsp3) is 0.500. The van der Waals surface area contributed by atoms with Gasteiger partial charge < -0.3 is 25.5 Å². The Labute approximate surface area is 142 Å². The number of nitrogens with one attached hydrogen (secondary N) is 1. The van der Waals surface area contributed by atoms with Crippen LogP contribution in [0.25, 0.3) is 6.08 Å². The molecular weight excluding hydrogens is 309 g/mol. The standard InChI is InChI=1S/C16H24BN3O4/c1-10(21)19-9-12(6-11-7-13(22)14(18)20-8-11)17-23-15(2,3)16(4,5)24-17/h6-8,22H,9H2,1-5H3,(H2,18,20)(H,19,21). The summed E-state index contributed by atoms with van der Waals surface area (Å²) in [5.74, 6) is -0.196. The van der Waals surface area contributed by atoms with Crippen LogP contribution in [0.2, 0.25) is 0 Å². The van der Waals surface area contributed by atoms with Crippen molar-refractivity contribution >= 4 is 24.9 Å². The molecule has 0 atom stereocenters. The van der Waals surface area contributed by atoms with Crippen LogP contribution in [-0.4, -0.2) is 40.9 Å². The van der Waals surface area contributed by atoms with E-state index in [-0.39, 0.29) is 24.0 Å². The molecule has 1 aromatic heterocycles. The van der Waals surface area contributed by atoms with Gasteiger partial charge in [-0.1, -0.05) is 6.08 Å². The number of hydrogen-bond acceptors (Lipinski definition) is 6. The molecule has 0 bridgehead atoms. The van der Waals surface area contributed by atoms with Crippen molar-refractivity contribution in [2.24, 2.45) is 0 Å². The van der Waals surface area contributed by atoms with Crippen LogP contribution in [0.4, 0.5) is 5.82 Å². The first-order valence-electron chi connectivity index (χ1n) is 7.77. The van der Waals surface area contributed by atoms with Crippen LogP contribution in [-0.2, 0) is 14.1 Å². The van der Waals surface area contributed by atoms with Gasteiger partial charge in [-0.2, -0.15) is 0 Å². The molecule has 0 unspecified atom stereocenters. The van der Waals surface area contributed by atoms with E-state index in [1.165, 1.54) is 19.2 Å². The first-order valence-corrected chi connectivity index (χ1v) is 7.77. The Morgan fingerprint density at radius 2 is 1.96 bits per heavy atom. The molecular formula is C16H24BN3O4. The highest BCUT2D eigenvalue weighted by Crippen LogP contribution is 2.38. The highest BCUT2D eigenvalue weighted by molar-refractivity contribution is 6.56. The van der Waals surface area contributed by atoms with E-state index in [9.17, 15) is 9.90 Å². The number of aromatic hydroxyl groups is 1. The summed E-state index contributed by atoms with van der Waals surface area (Å²) in [4.78, 5) is 15.2. The summed E-state index contributed by atoms with van der Waals surface area (Å²) in [5.41, 5.74) is 5.89. The molecule has 0 radical (unpaired) electrons. The van der Waals surface area contributed by atoms with Crippen molar-refractivity contribution in [2.45, 2.75) is 45.8 Å². The second-order valence-electron chi connectivity index (χ2n) is 6.89. The number of amides is 1. The number of nitrogens with zero attached hydrogens (tertiary/aromatic N) is 1. The van der Waals surface area contributed by atoms with Crippen LogP contribution in [0, 0.1) is 0 Å². The Hall–Kier alpha value is -2.06. The summed E-state index contributed by atoms with van der Waals surface area (Å²) >= 11 is 0. The predicted molar refractivity (Wildman–Crippen MR) is 93.1 cm³/mol. The van der Waals surface area contributed by atoms with Crippen molar-refractivity contribution in [3.8, 4) is 5.75 Å². The number of nitrogens with two attached hydrogens (primary N) is 1. The summed E-state index contributed by atoms with van der Waals surface area (Å²) in [5, 5.41) is 12.5. The molecule has 2 heterocycles. The molecule has 8 heteroatoms. The quantitative estimate of drug-likeness (QED) is 0.721. The minimum Gasteiger partial charge on any atom is -0.504 e. The zero-order chi connectivity index (χ0) is 18.1. The maximum absolute atomic E-state index is 11.3. The Kier molecular flexibility index (Phi) is 4.91. The highest BCUT2D eigenvalue weighted by Gasteiger charge is 2.52. The third-order valence-corrected chi connectivity index (χ3v) is 4.37. The summed E-state index contributed by atoms with van der Waals surface area (Å²) in [6.45, 7) is 9.54. The largest absolute Gasteiger partial charge is 0.504 e. The van der Waals surface area contributed by atoms with E-state index in [0.717, 1.165) is 5.47 Å². The number of aromatic nitrogens is 1. The minimum absolute atomic E-state index is 0.0613. The normalized spacial score (nSPS) is 19.4. The van der Waals surface area contributed by atoms with Crippen LogP contribution >= 0.6 is 0 Å². The van der Waals surface area contributed by atoms with Crippen LogP contribution in [0.15, 0.2) is 17.7 Å². The van der Waals surface area contributed by atoms with Gasteiger partial charge >= 0.3 is 7.12 Å². The van der Waals surface area contributed by atoms with Crippen molar-refractivity contribution in [3.05, 3.63) is 23.3 Å². The third-order valence-electron chi connectivity index (χ3n) is 4.37. The van der Waals surface area contributed by atoms with Crippen molar-refractivity contribution in [2.75, 3.05) is 12.3 Å². The lowest BCUT2D eigenvalue weighted by Gasteiger charge is -2.32. The van der Waals surface area contributed by atoms with E-state index in [0.29, 0.717) is 5.56 Å².